The molecule has 62 valence electrons. The molecule has 0 aliphatic heterocycles. The smallest absolute Gasteiger partial charge is 0.0461 e. The van der Waals surface area contributed by atoms with Crippen molar-refractivity contribution in [2.24, 2.45) is 11.3 Å². The first-order chi connectivity index (χ1) is 4.86. The summed E-state index contributed by atoms with van der Waals surface area (Å²) in [6.45, 7) is 14.3. The highest BCUT2D eigenvalue weighted by atomic mass is 14.2. The average molecular weight is 150 g/mol. The third-order valence-electron chi connectivity index (χ3n) is 1.74. The second kappa shape index (κ2) is 3.62. The van der Waals surface area contributed by atoms with Crippen LogP contribution in [-0.2, 0) is 0 Å². The fraction of sp³-hybridized carbons (Fsp3) is 0.636. The Morgan fingerprint density at radius 1 is 1.36 bits per heavy atom. The molecule has 0 spiro atoms. The molecular weight excluding hydrogens is 132 g/mol. The maximum atomic E-state index is 3.90. The molecule has 0 amide bonds. The first-order valence-corrected chi connectivity index (χ1v) is 4.05. The van der Waals surface area contributed by atoms with E-state index in [-0.39, 0.29) is 5.41 Å². The lowest BCUT2D eigenvalue weighted by molar-refractivity contribution is 0.606. The highest BCUT2D eigenvalue weighted by Crippen LogP contribution is 2.22. The molecule has 0 nitrogen and oxygen atoms in total. The van der Waals surface area contributed by atoms with Crippen molar-refractivity contribution in [3.05, 3.63) is 12.2 Å². The number of hydrogen-bond donors (Lipinski definition) is 0. The summed E-state index contributed by atoms with van der Waals surface area (Å²) in [6.07, 6.45) is 0. The lowest BCUT2D eigenvalue weighted by Gasteiger charge is -2.17. The third kappa shape index (κ3) is 3.88. The van der Waals surface area contributed by atoms with E-state index in [0.29, 0.717) is 5.92 Å². The molecule has 0 atom stereocenters. The normalized spacial score (nSPS) is 10.7. The summed E-state index contributed by atoms with van der Waals surface area (Å²) in [4.78, 5) is 0. The molecule has 0 aromatic heterocycles. The number of rotatable bonds is 1. The van der Waals surface area contributed by atoms with Crippen LogP contribution >= 0.6 is 0 Å². The van der Waals surface area contributed by atoms with E-state index >= 15 is 0 Å². The van der Waals surface area contributed by atoms with E-state index in [1.807, 2.05) is 6.92 Å². The molecule has 0 heterocycles. The van der Waals surface area contributed by atoms with E-state index in [0.717, 1.165) is 5.57 Å². The van der Waals surface area contributed by atoms with Gasteiger partial charge in [-0.2, -0.15) is 0 Å². The molecule has 0 aromatic rings. The predicted octanol–water partition coefficient (Wildman–Crippen LogP) is 3.25. The zero-order chi connectivity index (χ0) is 9.07. The monoisotopic (exact) mass is 150 g/mol. The van der Waals surface area contributed by atoms with E-state index < -0.39 is 0 Å². The van der Waals surface area contributed by atoms with Crippen LogP contribution in [0, 0.1) is 23.2 Å². The van der Waals surface area contributed by atoms with Crippen LogP contribution in [0.5, 0.6) is 0 Å². The second-order valence-electron chi connectivity index (χ2n) is 3.83. The zero-order valence-electron chi connectivity index (χ0n) is 8.28. The first kappa shape index (κ1) is 10.3. The van der Waals surface area contributed by atoms with Crippen molar-refractivity contribution in [1.29, 1.82) is 0 Å². The predicted molar refractivity (Wildman–Crippen MR) is 51.2 cm³/mol. The molecule has 0 radical (unpaired) electrons. The SMILES string of the molecule is C=C(C)C(C)(C)C#CC(C)C. The van der Waals surface area contributed by atoms with Crippen LogP contribution in [0.2, 0.25) is 0 Å². The van der Waals surface area contributed by atoms with Crippen LogP contribution in [0.25, 0.3) is 0 Å². The van der Waals surface area contributed by atoms with Gasteiger partial charge in [-0.1, -0.05) is 37.8 Å². The second-order valence-corrected chi connectivity index (χ2v) is 3.83. The van der Waals surface area contributed by atoms with E-state index in [1.54, 1.807) is 0 Å². The van der Waals surface area contributed by atoms with Gasteiger partial charge < -0.3 is 0 Å². The molecular formula is C11H18. The van der Waals surface area contributed by atoms with Gasteiger partial charge in [-0.15, -0.1) is 0 Å². The fourth-order valence-corrected chi connectivity index (χ4v) is 0.431. The Hall–Kier alpha value is -0.700. The molecule has 0 aromatic carbocycles. The quantitative estimate of drug-likeness (QED) is 0.397. The van der Waals surface area contributed by atoms with Crippen molar-refractivity contribution in [2.75, 3.05) is 0 Å². The van der Waals surface area contributed by atoms with Gasteiger partial charge in [-0.3, -0.25) is 0 Å². The van der Waals surface area contributed by atoms with E-state index in [1.165, 1.54) is 0 Å². The number of allylic oxidation sites excluding steroid dienone is 1. The summed E-state index contributed by atoms with van der Waals surface area (Å²) in [5, 5.41) is 0. The molecule has 0 saturated carbocycles. The molecule has 0 saturated heterocycles. The van der Waals surface area contributed by atoms with Crippen LogP contribution in [0.3, 0.4) is 0 Å². The van der Waals surface area contributed by atoms with E-state index in [2.05, 4.69) is 46.1 Å². The Balaban J connectivity index is 4.38. The van der Waals surface area contributed by atoms with Crippen molar-refractivity contribution >= 4 is 0 Å². The first-order valence-electron chi connectivity index (χ1n) is 4.05. The van der Waals surface area contributed by atoms with Gasteiger partial charge in [-0.25, -0.2) is 0 Å². The summed E-state index contributed by atoms with van der Waals surface area (Å²) < 4.78 is 0. The third-order valence-corrected chi connectivity index (χ3v) is 1.74. The van der Waals surface area contributed by atoms with E-state index in [9.17, 15) is 0 Å². The lowest BCUT2D eigenvalue weighted by atomic mass is 9.86. The Bertz CT molecular complexity index is 196. The van der Waals surface area contributed by atoms with Gasteiger partial charge in [0, 0.05) is 11.3 Å². The number of hydrogen-bond acceptors (Lipinski definition) is 0. The minimum atomic E-state index is -0.0235. The highest BCUT2D eigenvalue weighted by Gasteiger charge is 2.14. The summed E-state index contributed by atoms with van der Waals surface area (Å²) >= 11 is 0. The van der Waals surface area contributed by atoms with Gasteiger partial charge in [0.25, 0.3) is 0 Å². The Labute approximate surface area is 70.7 Å². The molecule has 11 heavy (non-hydrogen) atoms. The maximum Gasteiger partial charge on any atom is 0.0461 e. The van der Waals surface area contributed by atoms with Crippen LogP contribution < -0.4 is 0 Å². The molecule has 0 aliphatic carbocycles. The van der Waals surface area contributed by atoms with Gasteiger partial charge in [0.15, 0.2) is 0 Å². The summed E-state index contributed by atoms with van der Waals surface area (Å²) in [5.74, 6) is 6.82. The van der Waals surface area contributed by atoms with Crippen LogP contribution in [0.1, 0.15) is 34.6 Å². The van der Waals surface area contributed by atoms with Crippen LogP contribution in [0.4, 0.5) is 0 Å². The van der Waals surface area contributed by atoms with Crippen molar-refractivity contribution in [3.63, 3.8) is 0 Å². The van der Waals surface area contributed by atoms with E-state index in [4.69, 9.17) is 0 Å². The minimum Gasteiger partial charge on any atom is -0.0996 e. The van der Waals surface area contributed by atoms with Crippen molar-refractivity contribution < 1.29 is 0 Å². The topological polar surface area (TPSA) is 0 Å². The Morgan fingerprint density at radius 3 is 2.09 bits per heavy atom. The fourth-order valence-electron chi connectivity index (χ4n) is 0.431. The Morgan fingerprint density at radius 2 is 1.82 bits per heavy atom. The minimum absolute atomic E-state index is 0.0235. The Kier molecular flexibility index (Phi) is 3.39. The van der Waals surface area contributed by atoms with Crippen molar-refractivity contribution in [1.82, 2.24) is 0 Å². The molecule has 0 rings (SSSR count). The largest absolute Gasteiger partial charge is 0.0996 e. The summed E-state index contributed by atoms with van der Waals surface area (Å²) in [7, 11) is 0. The zero-order valence-corrected chi connectivity index (χ0v) is 8.28. The summed E-state index contributed by atoms with van der Waals surface area (Å²) in [5.41, 5.74) is 1.11. The van der Waals surface area contributed by atoms with Crippen LogP contribution in [0.15, 0.2) is 12.2 Å². The molecule has 0 unspecified atom stereocenters. The molecule has 0 N–H and O–H groups in total. The summed E-state index contributed by atoms with van der Waals surface area (Å²) in [6, 6.07) is 0. The van der Waals surface area contributed by atoms with Crippen molar-refractivity contribution in [2.45, 2.75) is 34.6 Å². The van der Waals surface area contributed by atoms with Gasteiger partial charge in [0.05, 0.1) is 0 Å². The lowest BCUT2D eigenvalue weighted by Crippen LogP contribution is -2.08. The van der Waals surface area contributed by atoms with Crippen LogP contribution in [-0.4, -0.2) is 0 Å². The maximum absolute atomic E-state index is 3.90. The standard InChI is InChI=1S/C11H18/c1-9(2)7-8-11(5,6)10(3)4/h9H,3H2,1-2,4-6H3. The highest BCUT2D eigenvalue weighted by molar-refractivity contribution is 5.22. The van der Waals surface area contributed by atoms with Gasteiger partial charge >= 0.3 is 0 Å². The van der Waals surface area contributed by atoms with Gasteiger partial charge in [0.1, 0.15) is 0 Å². The van der Waals surface area contributed by atoms with Crippen molar-refractivity contribution in [3.8, 4) is 11.8 Å². The molecule has 0 heteroatoms. The van der Waals surface area contributed by atoms with Gasteiger partial charge in [0.2, 0.25) is 0 Å². The molecule has 0 fully saturated rings. The van der Waals surface area contributed by atoms with Gasteiger partial charge in [-0.05, 0) is 20.8 Å². The molecule has 0 bridgehead atoms. The molecule has 0 aliphatic rings. The average Bonchev–Trinajstić information content (AvgIpc) is 1.84.